The molecule has 554 valence electrons. The third-order valence-corrected chi connectivity index (χ3v) is 25.2. The molecule has 25 rings (SSSR count). The third kappa shape index (κ3) is 10.8. The maximum Gasteiger partial charge on any atom is 0.167 e. The Balaban J connectivity index is 0.000000143. The van der Waals surface area contributed by atoms with Crippen molar-refractivity contribution < 1.29 is 4.42 Å². The fraction of sp³-hybridized carbons (Fsp3) is 0.00926. The van der Waals surface area contributed by atoms with Crippen LogP contribution in [0.2, 0.25) is 0 Å². The number of thiophene rings is 1. The van der Waals surface area contributed by atoms with Crippen LogP contribution >= 0.6 is 11.3 Å². The molecule has 0 saturated heterocycles. The van der Waals surface area contributed by atoms with E-state index >= 15 is 0 Å². The second-order valence-electron chi connectivity index (χ2n) is 30.5. The summed E-state index contributed by atoms with van der Waals surface area (Å²) in [5.41, 5.74) is 28.6. The van der Waals surface area contributed by atoms with Crippen molar-refractivity contribution in [2.24, 2.45) is 0 Å². The van der Waals surface area contributed by atoms with Gasteiger partial charge in [-0.25, -0.2) is 34.9 Å². The Morgan fingerprint density at radius 1 is 0.244 bits per heavy atom. The van der Waals surface area contributed by atoms with Crippen LogP contribution in [-0.2, 0) is 5.41 Å². The molecule has 16 aromatic carbocycles. The number of aromatic nitrogens is 9. The molecule has 7 aromatic heterocycles. The molecule has 11 heteroatoms. The van der Waals surface area contributed by atoms with Crippen molar-refractivity contribution in [2.45, 2.75) is 5.41 Å². The van der Waals surface area contributed by atoms with Gasteiger partial charge in [0.25, 0.3) is 0 Å². The summed E-state index contributed by atoms with van der Waals surface area (Å²) < 4.78 is 13.8. The zero-order valence-corrected chi connectivity index (χ0v) is 64.7. The van der Waals surface area contributed by atoms with Crippen LogP contribution in [0.25, 0.3) is 210 Å². The van der Waals surface area contributed by atoms with E-state index in [0.717, 1.165) is 99.0 Å². The van der Waals surface area contributed by atoms with Crippen LogP contribution in [0.3, 0.4) is 0 Å². The molecule has 23 aromatic rings. The Morgan fingerprint density at radius 2 is 0.664 bits per heavy atom. The van der Waals surface area contributed by atoms with Crippen LogP contribution in [0.5, 0.6) is 0 Å². The number of hydrogen-bond acceptors (Lipinski definition) is 9. The molecule has 0 atom stereocenters. The molecule has 0 amide bonds. The van der Waals surface area contributed by atoms with Gasteiger partial charge in [-0.1, -0.05) is 291 Å². The van der Waals surface area contributed by atoms with E-state index in [1.54, 1.807) is 11.3 Å². The van der Waals surface area contributed by atoms with E-state index in [9.17, 15) is 0 Å². The molecule has 10 nitrogen and oxygen atoms in total. The van der Waals surface area contributed by atoms with Gasteiger partial charge in [0.1, 0.15) is 16.8 Å². The van der Waals surface area contributed by atoms with Crippen molar-refractivity contribution in [1.82, 2.24) is 44.0 Å². The van der Waals surface area contributed by atoms with Crippen molar-refractivity contribution >= 4 is 97.2 Å². The highest BCUT2D eigenvalue weighted by Crippen LogP contribution is 2.63. The summed E-state index contributed by atoms with van der Waals surface area (Å²) in [5.74, 6) is 3.76. The average molecular weight is 1540 g/mol. The molecule has 2 aliphatic rings. The summed E-state index contributed by atoms with van der Waals surface area (Å²) in [6.45, 7) is 0. The molecular weight excluding hydrogens is 1470 g/mol. The Hall–Kier alpha value is -15.7. The predicted molar refractivity (Wildman–Crippen MR) is 486 cm³/mol. The molecule has 0 fully saturated rings. The maximum atomic E-state index is 6.76. The fourth-order valence-corrected chi connectivity index (χ4v) is 19.9. The molecule has 0 N–H and O–H groups in total. The van der Waals surface area contributed by atoms with Gasteiger partial charge in [0.15, 0.2) is 34.9 Å². The standard InChI is InChI=1S/C64H38N4O.C44H27N5S/c1-3-16-39(17-4-1)61-65-62(40-18-5-2-6-19-40)67-63(66-61)50-25-15-24-49-52-38-43(32-35-59(52)69-60(49)50)68-57-29-14-10-23-48(57)51-36-41(31-34-58(51)68)42-30-33-47-46-22-9-13-28-55(46)64(56(47)37-42)53-26-11-7-20-44(53)45-21-8-12-27-54(45)64;1-4-12-28(13-5-1)31-21-23-38-36(26-31)34-20-11-25-45-44(34)49(38)32-22-24-39-37(27-32)33-18-10-19-35(40(33)50-39)43-47-41(29-14-6-2-7-15-29)46-42(48-43)30-16-8-3-9-17-30/h1-38H;1-27H. The Morgan fingerprint density at radius 3 is 1.27 bits per heavy atom. The first-order valence-corrected chi connectivity index (χ1v) is 40.9. The third-order valence-electron chi connectivity index (χ3n) is 24.0. The molecule has 0 unspecified atom stereocenters. The van der Waals surface area contributed by atoms with Crippen LogP contribution in [0.1, 0.15) is 22.3 Å². The lowest BCUT2D eigenvalue weighted by atomic mass is 9.70. The first-order valence-electron chi connectivity index (χ1n) is 40.1. The van der Waals surface area contributed by atoms with Gasteiger partial charge in [-0.3, -0.25) is 4.57 Å². The first kappa shape index (κ1) is 67.8. The molecule has 7 heterocycles. The van der Waals surface area contributed by atoms with Crippen LogP contribution < -0.4 is 0 Å². The normalized spacial score (nSPS) is 12.4. The van der Waals surface area contributed by atoms with E-state index < -0.39 is 5.41 Å². The van der Waals surface area contributed by atoms with Gasteiger partial charge in [0.2, 0.25) is 0 Å². The molecule has 0 radical (unpaired) electrons. The van der Waals surface area contributed by atoms with Gasteiger partial charge < -0.3 is 8.98 Å². The summed E-state index contributed by atoms with van der Waals surface area (Å²) in [5, 5.41) is 9.12. The summed E-state index contributed by atoms with van der Waals surface area (Å²) in [6.07, 6.45) is 1.88. The van der Waals surface area contributed by atoms with E-state index in [-0.39, 0.29) is 0 Å². The highest BCUT2D eigenvalue weighted by Gasteiger charge is 2.51. The average Bonchev–Trinajstić information content (AvgIpc) is 1.51. The predicted octanol–water partition coefficient (Wildman–Crippen LogP) is 27.3. The maximum absolute atomic E-state index is 6.76. The van der Waals surface area contributed by atoms with Crippen LogP contribution in [-0.4, -0.2) is 44.0 Å². The van der Waals surface area contributed by atoms with E-state index in [0.29, 0.717) is 34.9 Å². The fourth-order valence-electron chi connectivity index (χ4n) is 18.7. The van der Waals surface area contributed by atoms with Crippen molar-refractivity contribution in [3.8, 4) is 124 Å². The molecule has 0 aliphatic heterocycles. The van der Waals surface area contributed by atoms with E-state index in [2.05, 4.69) is 264 Å². The Bertz CT molecular complexity index is 7880. The number of furan rings is 1. The minimum absolute atomic E-state index is 0.395. The van der Waals surface area contributed by atoms with Crippen LogP contribution in [0.15, 0.2) is 399 Å². The summed E-state index contributed by atoms with van der Waals surface area (Å²) in [6, 6.07) is 138. The van der Waals surface area contributed by atoms with Gasteiger partial charge >= 0.3 is 0 Å². The van der Waals surface area contributed by atoms with Gasteiger partial charge in [0.05, 0.1) is 27.5 Å². The van der Waals surface area contributed by atoms with Gasteiger partial charge in [-0.15, -0.1) is 11.3 Å². The number of fused-ring (bicyclic) bond motifs is 22. The summed E-state index contributed by atoms with van der Waals surface area (Å²) in [7, 11) is 0. The number of pyridine rings is 1. The Labute approximate surface area is 687 Å². The number of benzene rings is 16. The minimum atomic E-state index is -0.395. The zero-order chi connectivity index (χ0) is 78.2. The van der Waals surface area contributed by atoms with Crippen molar-refractivity contribution in [2.75, 3.05) is 0 Å². The Kier molecular flexibility index (Phi) is 15.5. The number of nitrogens with zero attached hydrogens (tertiary/aromatic N) is 9. The molecule has 2 aliphatic carbocycles. The SMILES string of the molecule is c1ccc(-c2ccc3c(c2)c2cccnc2n3-c2ccc3sc4c(-c5nc(-c6ccccc6)nc(-c6ccccc6)n5)cccc4c3c2)cc1.c1ccc(-c2nc(-c3ccccc3)nc(-c3cccc4c3oc3ccc(-n5c6ccccc6c6cc(-c7ccc8c(c7)C7(c9ccccc9-c9ccccc97)c7ccccc7-8)ccc65)cc34)n2)cc1. The van der Waals surface area contributed by atoms with E-state index in [1.165, 1.54) is 98.4 Å². The largest absolute Gasteiger partial charge is 0.455 e. The summed E-state index contributed by atoms with van der Waals surface area (Å²) in [4.78, 5) is 34.9. The first-order chi connectivity index (χ1) is 59.0. The topological polar surface area (TPSA) is 113 Å². The van der Waals surface area contributed by atoms with Gasteiger partial charge in [-0.05, 0) is 164 Å². The lowest BCUT2D eigenvalue weighted by molar-refractivity contribution is 0.669. The van der Waals surface area contributed by atoms with Crippen LogP contribution in [0, 0.1) is 0 Å². The molecule has 119 heavy (non-hydrogen) atoms. The second kappa shape index (κ2) is 27.2. The van der Waals surface area contributed by atoms with Crippen LogP contribution in [0.4, 0.5) is 0 Å². The smallest absolute Gasteiger partial charge is 0.167 e. The van der Waals surface area contributed by atoms with Crippen molar-refractivity contribution in [3.63, 3.8) is 0 Å². The minimum Gasteiger partial charge on any atom is -0.455 e. The number of para-hydroxylation sites is 2. The molecular formula is C108H65N9OS. The van der Waals surface area contributed by atoms with Gasteiger partial charge in [0, 0.05) is 97.9 Å². The monoisotopic (exact) mass is 1540 g/mol. The number of rotatable bonds is 10. The lowest BCUT2D eigenvalue weighted by Crippen LogP contribution is -2.25. The molecule has 1 spiro atoms. The van der Waals surface area contributed by atoms with E-state index in [4.69, 9.17) is 39.3 Å². The lowest BCUT2D eigenvalue weighted by Gasteiger charge is -2.30. The highest BCUT2D eigenvalue weighted by molar-refractivity contribution is 7.26. The van der Waals surface area contributed by atoms with Crippen molar-refractivity contribution in [3.05, 3.63) is 417 Å². The van der Waals surface area contributed by atoms with Crippen molar-refractivity contribution in [1.29, 1.82) is 0 Å². The summed E-state index contributed by atoms with van der Waals surface area (Å²) >= 11 is 1.77. The van der Waals surface area contributed by atoms with E-state index in [1.807, 2.05) is 140 Å². The quantitative estimate of drug-likeness (QED) is 0.133. The molecule has 0 saturated carbocycles. The van der Waals surface area contributed by atoms with Gasteiger partial charge in [-0.2, -0.15) is 0 Å². The highest BCUT2D eigenvalue weighted by atomic mass is 32.1. The second-order valence-corrected chi connectivity index (χ2v) is 31.6. The zero-order valence-electron chi connectivity index (χ0n) is 63.9. The number of hydrogen-bond donors (Lipinski definition) is 0. The molecule has 0 bridgehead atoms.